The third-order valence-electron chi connectivity index (χ3n) is 6.63. The van der Waals surface area contributed by atoms with Gasteiger partial charge in [0.2, 0.25) is 0 Å². The minimum atomic E-state index is -0.238. The van der Waals surface area contributed by atoms with E-state index in [-0.39, 0.29) is 23.1 Å². The molecule has 28 heavy (non-hydrogen) atoms. The van der Waals surface area contributed by atoms with E-state index in [2.05, 4.69) is 63.2 Å². The Balaban J connectivity index is 1.89. The summed E-state index contributed by atoms with van der Waals surface area (Å²) >= 11 is 0. The minimum absolute atomic E-state index is 0.119. The Hall–Kier alpha value is -2.28. The number of nitriles is 1. The first-order valence-corrected chi connectivity index (χ1v) is 10.5. The zero-order valence-corrected chi connectivity index (χ0v) is 17.9. The van der Waals surface area contributed by atoms with Crippen LogP contribution in [0.1, 0.15) is 81.9 Å². The van der Waals surface area contributed by atoms with Gasteiger partial charge in [0.25, 0.3) is 5.91 Å². The predicted molar refractivity (Wildman–Crippen MR) is 115 cm³/mol. The van der Waals surface area contributed by atoms with Gasteiger partial charge in [0.15, 0.2) is 0 Å². The van der Waals surface area contributed by atoms with Crippen LogP contribution in [0.15, 0.2) is 17.7 Å². The van der Waals surface area contributed by atoms with Crippen molar-refractivity contribution in [1.29, 1.82) is 5.26 Å². The number of rotatable bonds is 3. The highest BCUT2D eigenvalue weighted by molar-refractivity contribution is 6.02. The van der Waals surface area contributed by atoms with E-state index in [0.717, 1.165) is 43.2 Å². The molecule has 4 nitrogen and oxygen atoms in total. The first kappa shape index (κ1) is 20.5. The van der Waals surface area contributed by atoms with Crippen LogP contribution in [-0.4, -0.2) is 24.5 Å². The number of anilines is 1. The number of nitrogens with zero attached hydrogens (tertiary/aromatic N) is 2. The monoisotopic (exact) mass is 379 g/mol. The van der Waals surface area contributed by atoms with Crippen molar-refractivity contribution >= 4 is 17.7 Å². The topological polar surface area (TPSA) is 56.1 Å². The van der Waals surface area contributed by atoms with Gasteiger partial charge in [0, 0.05) is 24.3 Å². The van der Waals surface area contributed by atoms with E-state index >= 15 is 0 Å². The zero-order valence-electron chi connectivity index (χ0n) is 17.9. The lowest BCUT2D eigenvalue weighted by molar-refractivity contribution is -0.117. The summed E-state index contributed by atoms with van der Waals surface area (Å²) in [5, 5.41) is 12.7. The summed E-state index contributed by atoms with van der Waals surface area (Å²) in [7, 11) is 2.15. The molecular formula is C24H33N3O. The minimum Gasteiger partial charge on any atom is -0.369 e. The van der Waals surface area contributed by atoms with Crippen LogP contribution in [0.4, 0.5) is 5.69 Å². The number of benzene rings is 1. The molecule has 0 radical (unpaired) electrons. The molecule has 1 aliphatic carbocycles. The molecule has 0 aromatic heterocycles. The van der Waals surface area contributed by atoms with Crippen molar-refractivity contribution in [2.75, 3.05) is 11.9 Å². The SMILES string of the molecule is Cc1cc2c(cc1/C=C(/C#N)C(=O)NC1CCCCC1)[C@H](C)CC(C)(C)N2C. The third kappa shape index (κ3) is 4.09. The first-order valence-electron chi connectivity index (χ1n) is 10.5. The van der Waals surface area contributed by atoms with Crippen LogP contribution in [0, 0.1) is 18.3 Å². The van der Waals surface area contributed by atoms with Crippen LogP contribution in [0.5, 0.6) is 0 Å². The molecular weight excluding hydrogens is 346 g/mol. The largest absolute Gasteiger partial charge is 0.369 e. The van der Waals surface area contributed by atoms with E-state index < -0.39 is 0 Å². The summed E-state index contributed by atoms with van der Waals surface area (Å²) < 4.78 is 0. The lowest BCUT2D eigenvalue weighted by Gasteiger charge is -2.45. The van der Waals surface area contributed by atoms with Gasteiger partial charge in [-0.05, 0) is 80.9 Å². The van der Waals surface area contributed by atoms with E-state index in [1.165, 1.54) is 17.7 Å². The van der Waals surface area contributed by atoms with E-state index in [1.807, 2.05) is 0 Å². The van der Waals surface area contributed by atoms with Crippen molar-refractivity contribution < 1.29 is 4.79 Å². The van der Waals surface area contributed by atoms with Gasteiger partial charge in [-0.3, -0.25) is 4.79 Å². The molecule has 0 spiro atoms. The fraction of sp³-hybridized carbons (Fsp3) is 0.583. The Morgan fingerprint density at radius 1 is 1.29 bits per heavy atom. The molecule has 3 rings (SSSR count). The summed E-state index contributed by atoms with van der Waals surface area (Å²) in [6.45, 7) is 8.87. The number of fused-ring (bicyclic) bond motifs is 1. The molecule has 2 aliphatic rings. The van der Waals surface area contributed by atoms with Crippen LogP contribution < -0.4 is 10.2 Å². The summed E-state index contributed by atoms with van der Waals surface area (Å²) in [5.41, 5.74) is 4.93. The summed E-state index contributed by atoms with van der Waals surface area (Å²) in [6, 6.07) is 6.70. The molecule has 1 aromatic rings. The van der Waals surface area contributed by atoms with Crippen molar-refractivity contribution in [2.24, 2.45) is 0 Å². The second kappa shape index (κ2) is 7.99. The van der Waals surface area contributed by atoms with E-state index in [1.54, 1.807) is 6.08 Å². The quantitative estimate of drug-likeness (QED) is 0.589. The Kier molecular flexibility index (Phi) is 5.84. The van der Waals surface area contributed by atoms with Gasteiger partial charge in [-0.15, -0.1) is 0 Å². The Bertz CT molecular complexity index is 825. The molecule has 1 amide bonds. The molecule has 1 saturated carbocycles. The summed E-state index contributed by atoms with van der Waals surface area (Å²) in [6.07, 6.45) is 8.43. The number of aryl methyl sites for hydroxylation is 1. The van der Waals surface area contributed by atoms with Gasteiger partial charge >= 0.3 is 0 Å². The number of carbonyl (C=O) groups is 1. The van der Waals surface area contributed by atoms with E-state index in [4.69, 9.17) is 0 Å². The Labute approximate surface area is 169 Å². The van der Waals surface area contributed by atoms with Gasteiger partial charge in [0.05, 0.1) is 0 Å². The van der Waals surface area contributed by atoms with Crippen LogP contribution in [0.2, 0.25) is 0 Å². The summed E-state index contributed by atoms with van der Waals surface area (Å²) in [5.74, 6) is 0.202. The van der Waals surface area contributed by atoms with Crippen LogP contribution >= 0.6 is 0 Å². The number of amides is 1. The smallest absolute Gasteiger partial charge is 0.262 e. The third-order valence-corrected chi connectivity index (χ3v) is 6.63. The van der Waals surface area contributed by atoms with Crippen LogP contribution in [0.3, 0.4) is 0 Å². The maximum Gasteiger partial charge on any atom is 0.262 e. The fourth-order valence-electron chi connectivity index (χ4n) is 4.70. The van der Waals surface area contributed by atoms with Gasteiger partial charge in [0.1, 0.15) is 11.6 Å². The van der Waals surface area contributed by atoms with Crippen molar-refractivity contribution in [3.05, 3.63) is 34.4 Å². The molecule has 0 bridgehead atoms. The average Bonchev–Trinajstić information content (AvgIpc) is 2.65. The van der Waals surface area contributed by atoms with Crippen molar-refractivity contribution in [2.45, 2.75) is 83.7 Å². The van der Waals surface area contributed by atoms with Crippen LogP contribution in [0.25, 0.3) is 6.08 Å². The molecule has 4 heteroatoms. The lowest BCUT2D eigenvalue weighted by Crippen LogP contribution is -2.45. The molecule has 1 aromatic carbocycles. The fourth-order valence-corrected chi connectivity index (χ4v) is 4.70. The lowest BCUT2D eigenvalue weighted by atomic mass is 9.79. The number of hydrogen-bond acceptors (Lipinski definition) is 3. The molecule has 0 saturated heterocycles. The van der Waals surface area contributed by atoms with Gasteiger partial charge < -0.3 is 10.2 Å². The zero-order chi connectivity index (χ0) is 20.5. The highest BCUT2D eigenvalue weighted by atomic mass is 16.1. The van der Waals surface area contributed by atoms with Gasteiger partial charge in [-0.1, -0.05) is 26.2 Å². The molecule has 1 atom stereocenters. The molecule has 1 N–H and O–H groups in total. The molecule has 1 aliphatic heterocycles. The van der Waals surface area contributed by atoms with Crippen molar-refractivity contribution in [1.82, 2.24) is 5.32 Å². The molecule has 0 unspecified atom stereocenters. The normalized spacial score (nSPS) is 22.4. The Morgan fingerprint density at radius 2 is 1.96 bits per heavy atom. The van der Waals surface area contributed by atoms with Gasteiger partial charge in [-0.25, -0.2) is 0 Å². The second-order valence-electron chi connectivity index (χ2n) is 9.22. The summed E-state index contributed by atoms with van der Waals surface area (Å²) in [4.78, 5) is 15.0. The van der Waals surface area contributed by atoms with Crippen molar-refractivity contribution in [3.63, 3.8) is 0 Å². The standard InChI is InChI=1S/C24H33N3O/c1-16-11-22-21(17(2)14-24(3,4)27(22)5)13-18(16)12-19(15-25)23(28)26-20-9-7-6-8-10-20/h11-13,17,20H,6-10,14H2,1-5H3,(H,26,28)/b19-12-/t17-/m1/s1. The first-order chi connectivity index (χ1) is 13.2. The van der Waals surface area contributed by atoms with E-state index in [0.29, 0.717) is 5.92 Å². The van der Waals surface area contributed by atoms with E-state index in [9.17, 15) is 10.1 Å². The predicted octanol–water partition coefficient (Wildman–Crippen LogP) is 5.07. The van der Waals surface area contributed by atoms with Gasteiger partial charge in [-0.2, -0.15) is 5.26 Å². The second-order valence-corrected chi connectivity index (χ2v) is 9.22. The average molecular weight is 380 g/mol. The highest BCUT2D eigenvalue weighted by Gasteiger charge is 2.34. The molecule has 1 fully saturated rings. The van der Waals surface area contributed by atoms with Crippen molar-refractivity contribution in [3.8, 4) is 6.07 Å². The molecule has 150 valence electrons. The molecule has 1 heterocycles. The number of carbonyl (C=O) groups excluding carboxylic acids is 1. The number of hydrogen-bond donors (Lipinski definition) is 1. The number of nitrogens with one attached hydrogen (secondary N) is 1. The Morgan fingerprint density at radius 3 is 2.61 bits per heavy atom. The maximum atomic E-state index is 12.6. The van der Waals surface area contributed by atoms with Crippen LogP contribution in [-0.2, 0) is 4.79 Å². The maximum absolute atomic E-state index is 12.6. The highest BCUT2D eigenvalue weighted by Crippen LogP contribution is 2.43.